The van der Waals surface area contributed by atoms with Gasteiger partial charge in [-0.15, -0.1) is 0 Å². The predicted molar refractivity (Wildman–Crippen MR) is 68.9 cm³/mol. The summed E-state index contributed by atoms with van der Waals surface area (Å²) in [4.78, 5) is 7.92. The first-order chi connectivity index (χ1) is 8.16. The molecule has 2 N–H and O–H groups in total. The van der Waals surface area contributed by atoms with Gasteiger partial charge in [0, 0.05) is 29.0 Å². The molecule has 17 heavy (non-hydrogen) atoms. The van der Waals surface area contributed by atoms with Crippen LogP contribution < -0.4 is 5.73 Å². The highest BCUT2D eigenvalue weighted by atomic mass is 35.5. The SMILES string of the molecule is Cc1ccc(CC(N)c2cncnc2)c(Cl)c1. The number of nitrogens with two attached hydrogens (primary N) is 1. The molecule has 0 aliphatic carbocycles. The Bertz CT molecular complexity index is 499. The van der Waals surface area contributed by atoms with Crippen molar-refractivity contribution < 1.29 is 0 Å². The second kappa shape index (κ2) is 5.25. The van der Waals surface area contributed by atoms with Gasteiger partial charge in [-0.2, -0.15) is 0 Å². The molecular formula is C13H14ClN3. The van der Waals surface area contributed by atoms with Crippen LogP contribution in [0.5, 0.6) is 0 Å². The monoisotopic (exact) mass is 247 g/mol. The molecule has 88 valence electrons. The summed E-state index contributed by atoms with van der Waals surface area (Å²) >= 11 is 6.17. The minimum absolute atomic E-state index is 0.128. The summed E-state index contributed by atoms with van der Waals surface area (Å²) in [5, 5.41) is 0.761. The Hall–Kier alpha value is -1.45. The molecule has 4 heteroatoms. The van der Waals surface area contributed by atoms with Gasteiger partial charge in [0.1, 0.15) is 6.33 Å². The topological polar surface area (TPSA) is 51.8 Å². The molecule has 1 heterocycles. The van der Waals surface area contributed by atoms with Crippen LogP contribution in [0.15, 0.2) is 36.9 Å². The maximum Gasteiger partial charge on any atom is 0.115 e. The fourth-order valence-electron chi connectivity index (χ4n) is 1.67. The molecule has 1 unspecified atom stereocenters. The zero-order valence-electron chi connectivity index (χ0n) is 9.60. The number of hydrogen-bond donors (Lipinski definition) is 1. The maximum absolute atomic E-state index is 6.17. The van der Waals surface area contributed by atoms with Gasteiger partial charge in [0.15, 0.2) is 0 Å². The van der Waals surface area contributed by atoms with E-state index in [1.807, 2.05) is 25.1 Å². The van der Waals surface area contributed by atoms with Crippen molar-refractivity contribution in [3.05, 3.63) is 58.6 Å². The second-order valence-electron chi connectivity index (χ2n) is 4.08. The van der Waals surface area contributed by atoms with Crippen LogP contribution in [0.2, 0.25) is 5.02 Å². The van der Waals surface area contributed by atoms with Crippen LogP contribution in [0, 0.1) is 6.92 Å². The summed E-state index contributed by atoms with van der Waals surface area (Å²) in [6.45, 7) is 2.01. The van der Waals surface area contributed by atoms with Crippen molar-refractivity contribution >= 4 is 11.6 Å². The van der Waals surface area contributed by atoms with E-state index in [2.05, 4.69) is 9.97 Å². The van der Waals surface area contributed by atoms with Gasteiger partial charge in [-0.05, 0) is 30.5 Å². The van der Waals surface area contributed by atoms with Crippen LogP contribution in [-0.4, -0.2) is 9.97 Å². The van der Waals surface area contributed by atoms with Gasteiger partial charge >= 0.3 is 0 Å². The molecule has 0 fully saturated rings. The Morgan fingerprint density at radius 3 is 2.65 bits per heavy atom. The number of rotatable bonds is 3. The maximum atomic E-state index is 6.17. The van der Waals surface area contributed by atoms with E-state index in [1.54, 1.807) is 12.4 Å². The molecule has 0 aliphatic heterocycles. The Labute approximate surface area is 106 Å². The Balaban J connectivity index is 2.16. The van der Waals surface area contributed by atoms with E-state index in [-0.39, 0.29) is 6.04 Å². The highest BCUT2D eigenvalue weighted by Gasteiger charge is 2.10. The molecule has 0 amide bonds. The van der Waals surface area contributed by atoms with Crippen molar-refractivity contribution in [1.29, 1.82) is 0 Å². The van der Waals surface area contributed by atoms with Crippen molar-refractivity contribution in [3.63, 3.8) is 0 Å². The van der Waals surface area contributed by atoms with Gasteiger partial charge in [0.05, 0.1) is 0 Å². The van der Waals surface area contributed by atoms with Crippen molar-refractivity contribution in [3.8, 4) is 0 Å². The van der Waals surface area contributed by atoms with Crippen LogP contribution in [-0.2, 0) is 6.42 Å². The second-order valence-corrected chi connectivity index (χ2v) is 4.48. The lowest BCUT2D eigenvalue weighted by Gasteiger charge is -2.12. The van der Waals surface area contributed by atoms with Gasteiger partial charge < -0.3 is 5.73 Å². The van der Waals surface area contributed by atoms with Crippen molar-refractivity contribution in [2.75, 3.05) is 0 Å². The summed E-state index contributed by atoms with van der Waals surface area (Å²) in [6.07, 6.45) is 5.65. The van der Waals surface area contributed by atoms with E-state index in [0.29, 0.717) is 6.42 Å². The smallest absolute Gasteiger partial charge is 0.115 e. The van der Waals surface area contributed by atoms with Crippen LogP contribution in [0.4, 0.5) is 0 Å². The molecule has 2 aromatic rings. The summed E-state index contributed by atoms with van der Waals surface area (Å²) < 4.78 is 0. The van der Waals surface area contributed by atoms with Gasteiger partial charge in [0.2, 0.25) is 0 Å². The van der Waals surface area contributed by atoms with Crippen LogP contribution in [0.3, 0.4) is 0 Å². The number of aromatic nitrogens is 2. The molecular weight excluding hydrogens is 234 g/mol. The molecule has 0 radical (unpaired) electrons. The van der Waals surface area contributed by atoms with E-state index < -0.39 is 0 Å². The lowest BCUT2D eigenvalue weighted by atomic mass is 10.0. The van der Waals surface area contributed by atoms with E-state index in [9.17, 15) is 0 Å². The number of halogens is 1. The van der Waals surface area contributed by atoms with Gasteiger partial charge in [-0.1, -0.05) is 23.7 Å². The van der Waals surface area contributed by atoms with Crippen LogP contribution in [0.25, 0.3) is 0 Å². The molecule has 1 aromatic carbocycles. The predicted octanol–water partition coefficient (Wildman–Crippen LogP) is 2.68. The Kier molecular flexibility index (Phi) is 3.71. The van der Waals surface area contributed by atoms with Crippen molar-refractivity contribution in [2.24, 2.45) is 5.73 Å². The van der Waals surface area contributed by atoms with Gasteiger partial charge in [0.25, 0.3) is 0 Å². The third-order valence-electron chi connectivity index (χ3n) is 2.66. The van der Waals surface area contributed by atoms with E-state index in [0.717, 1.165) is 21.7 Å². The fourth-order valence-corrected chi connectivity index (χ4v) is 1.99. The van der Waals surface area contributed by atoms with Crippen molar-refractivity contribution in [1.82, 2.24) is 9.97 Å². The summed E-state index contributed by atoms with van der Waals surface area (Å²) in [7, 11) is 0. The molecule has 0 aliphatic rings. The molecule has 0 saturated carbocycles. The average molecular weight is 248 g/mol. The quantitative estimate of drug-likeness (QED) is 0.907. The third kappa shape index (κ3) is 3.02. The minimum Gasteiger partial charge on any atom is -0.324 e. The summed E-state index contributed by atoms with van der Waals surface area (Å²) in [6, 6.07) is 5.87. The average Bonchev–Trinajstić information content (AvgIpc) is 2.34. The number of nitrogens with zero attached hydrogens (tertiary/aromatic N) is 2. The zero-order valence-corrected chi connectivity index (χ0v) is 10.4. The molecule has 1 atom stereocenters. The van der Waals surface area contributed by atoms with E-state index in [1.165, 1.54) is 6.33 Å². The number of hydrogen-bond acceptors (Lipinski definition) is 3. The van der Waals surface area contributed by atoms with E-state index >= 15 is 0 Å². The minimum atomic E-state index is -0.128. The number of benzene rings is 1. The molecule has 0 spiro atoms. The first kappa shape index (κ1) is 12.0. The lowest BCUT2D eigenvalue weighted by molar-refractivity contribution is 0.712. The standard InChI is InChI=1S/C13H14ClN3/c1-9-2-3-10(12(14)4-9)5-13(15)11-6-16-8-17-7-11/h2-4,6-8,13H,5,15H2,1H3. The van der Waals surface area contributed by atoms with Crippen molar-refractivity contribution in [2.45, 2.75) is 19.4 Å². The highest BCUT2D eigenvalue weighted by molar-refractivity contribution is 6.31. The molecule has 3 nitrogen and oxygen atoms in total. The molecule has 2 rings (SSSR count). The molecule has 0 saturated heterocycles. The van der Waals surface area contributed by atoms with Crippen LogP contribution >= 0.6 is 11.6 Å². The first-order valence-corrected chi connectivity index (χ1v) is 5.80. The highest BCUT2D eigenvalue weighted by Crippen LogP contribution is 2.22. The largest absolute Gasteiger partial charge is 0.324 e. The number of aryl methyl sites for hydroxylation is 1. The Morgan fingerprint density at radius 1 is 1.29 bits per heavy atom. The van der Waals surface area contributed by atoms with E-state index in [4.69, 9.17) is 17.3 Å². The van der Waals surface area contributed by atoms with Crippen LogP contribution in [0.1, 0.15) is 22.7 Å². The molecule has 0 bridgehead atoms. The van der Waals surface area contributed by atoms with Gasteiger partial charge in [-0.3, -0.25) is 0 Å². The lowest BCUT2D eigenvalue weighted by Crippen LogP contribution is -2.14. The summed E-state index contributed by atoms with van der Waals surface area (Å²) in [5.41, 5.74) is 9.21. The Morgan fingerprint density at radius 2 is 2.00 bits per heavy atom. The third-order valence-corrected chi connectivity index (χ3v) is 3.01. The zero-order chi connectivity index (χ0) is 12.3. The first-order valence-electron chi connectivity index (χ1n) is 5.42. The summed E-state index contributed by atoms with van der Waals surface area (Å²) in [5.74, 6) is 0. The molecule has 1 aromatic heterocycles. The normalized spacial score (nSPS) is 12.4. The fraction of sp³-hybridized carbons (Fsp3) is 0.231. The van der Waals surface area contributed by atoms with Gasteiger partial charge in [-0.25, -0.2) is 9.97 Å².